The molecule has 8 rings (SSSR count). The van der Waals surface area contributed by atoms with Crippen molar-refractivity contribution in [1.82, 2.24) is 40.5 Å². The third kappa shape index (κ3) is 19.7. The molecule has 4 aliphatic rings. The van der Waals surface area contributed by atoms with Crippen molar-refractivity contribution in [2.45, 2.75) is 97.5 Å². The fraction of sp³-hybridized carbons (Fsp3) is 0.552. The average molecular weight is 1280 g/mol. The monoisotopic (exact) mass is 1280 g/mol. The molecule has 2 aliphatic heterocycles. The standard InChI is InChI=1S/C58H80Cl2F2N10O12S2/c59-39-31-49-47(51(61)33-39)35-53(71-21-3-5-41(63)37-71)55(49)83-43-7-11-45(12-8-43)85(75,76)69-19-25-81-29-27-79-23-17-67-57(73)65-15-1-2-16-66-58(74)68-18-24-80-28-30-82-26-20-70-86(77,78)46-13-9-44(10-14-46)84-56-50-32-40(60)34-52(62)48(50)36-54(56)72-22-4-6-42(64)38-72/h7-14,31-34,41-42,53-56,69-70H,1-6,15-30,35-38,63-64H2,(H2,65,67,73)(H2,66,68,74)/t41-,42-,53?,54?,55+,56+/m1/s1. The summed E-state index contributed by atoms with van der Waals surface area (Å²) in [6, 6.07) is 17.3. The van der Waals surface area contributed by atoms with E-state index in [2.05, 4.69) is 40.5 Å². The Morgan fingerprint density at radius 2 is 0.884 bits per heavy atom. The highest BCUT2D eigenvalue weighted by Crippen LogP contribution is 2.43. The molecule has 10 N–H and O–H groups in total. The van der Waals surface area contributed by atoms with Gasteiger partial charge < -0.3 is 61.2 Å². The molecule has 0 saturated carbocycles. The van der Waals surface area contributed by atoms with Gasteiger partial charge in [-0.15, -0.1) is 0 Å². The summed E-state index contributed by atoms with van der Waals surface area (Å²) in [6.07, 6.45) is 4.85. The van der Waals surface area contributed by atoms with Crippen molar-refractivity contribution in [2.75, 3.05) is 118 Å². The minimum absolute atomic E-state index is 0.0214. The van der Waals surface area contributed by atoms with Crippen LogP contribution in [0.25, 0.3) is 0 Å². The minimum Gasteiger partial charge on any atom is -0.484 e. The van der Waals surface area contributed by atoms with Gasteiger partial charge in [0.25, 0.3) is 0 Å². The van der Waals surface area contributed by atoms with Crippen molar-refractivity contribution in [2.24, 2.45) is 11.5 Å². The van der Waals surface area contributed by atoms with Gasteiger partial charge in [-0.05, 0) is 148 Å². The number of hydrogen-bond acceptors (Lipinski definition) is 16. The molecule has 4 aromatic rings. The van der Waals surface area contributed by atoms with Crippen LogP contribution in [0.2, 0.25) is 10.0 Å². The second-order valence-corrected chi connectivity index (χ2v) is 26.0. The molecule has 2 saturated heterocycles. The first-order valence-electron chi connectivity index (χ1n) is 29.3. The molecule has 2 heterocycles. The van der Waals surface area contributed by atoms with E-state index in [1.165, 1.54) is 36.4 Å². The van der Waals surface area contributed by atoms with Crippen LogP contribution in [0.5, 0.6) is 11.5 Å². The van der Waals surface area contributed by atoms with Crippen LogP contribution in [-0.2, 0) is 51.8 Å². The zero-order valence-electron chi connectivity index (χ0n) is 48.1. The van der Waals surface area contributed by atoms with Gasteiger partial charge in [0.2, 0.25) is 20.0 Å². The Kier molecular flexibility index (Phi) is 25.7. The van der Waals surface area contributed by atoms with Gasteiger partial charge in [-0.3, -0.25) is 9.80 Å². The Labute approximate surface area is 512 Å². The van der Waals surface area contributed by atoms with Crippen LogP contribution < -0.4 is 51.7 Å². The summed E-state index contributed by atoms with van der Waals surface area (Å²) in [5.74, 6) is 0.123. The number of hydrogen-bond donors (Lipinski definition) is 8. The summed E-state index contributed by atoms with van der Waals surface area (Å²) in [4.78, 5) is 28.9. The Bertz CT molecular complexity index is 2870. The number of piperidine rings is 2. The normalized spacial score (nSPS) is 20.7. The Morgan fingerprint density at radius 1 is 0.523 bits per heavy atom. The molecule has 4 aromatic carbocycles. The number of amides is 4. The number of halogens is 4. The molecular formula is C58H80Cl2F2N10O12S2. The minimum atomic E-state index is -3.85. The van der Waals surface area contributed by atoms with Crippen molar-refractivity contribution in [1.29, 1.82) is 0 Å². The highest BCUT2D eigenvalue weighted by molar-refractivity contribution is 7.89. The summed E-state index contributed by atoms with van der Waals surface area (Å²) in [5, 5.41) is 11.5. The number of unbranched alkanes of at least 4 members (excludes halogenated alkanes) is 1. The van der Waals surface area contributed by atoms with E-state index in [1.807, 2.05) is 0 Å². The molecule has 86 heavy (non-hydrogen) atoms. The lowest BCUT2D eigenvalue weighted by molar-refractivity contribution is 0.0516. The first-order valence-corrected chi connectivity index (χ1v) is 33.0. The highest BCUT2D eigenvalue weighted by atomic mass is 35.5. The summed E-state index contributed by atoms with van der Waals surface area (Å²) in [7, 11) is -7.70. The zero-order chi connectivity index (χ0) is 61.1. The van der Waals surface area contributed by atoms with Crippen LogP contribution >= 0.6 is 23.2 Å². The largest absolute Gasteiger partial charge is 0.484 e. The molecule has 0 bridgehead atoms. The molecule has 2 aliphatic carbocycles. The number of benzene rings is 4. The molecule has 2 unspecified atom stereocenters. The van der Waals surface area contributed by atoms with Gasteiger partial charge in [0.1, 0.15) is 35.3 Å². The molecule has 6 atom stereocenters. The van der Waals surface area contributed by atoms with E-state index >= 15 is 8.78 Å². The number of ether oxygens (including phenoxy) is 6. The molecular weight excluding hydrogens is 1200 g/mol. The lowest BCUT2D eigenvalue weighted by Gasteiger charge is -2.38. The molecule has 4 amide bonds. The summed E-state index contributed by atoms with van der Waals surface area (Å²) in [5.41, 5.74) is 15.0. The van der Waals surface area contributed by atoms with Gasteiger partial charge in [0, 0.05) is 85.6 Å². The first kappa shape index (κ1) is 66.9. The number of rotatable bonds is 33. The lowest BCUT2D eigenvalue weighted by Crippen LogP contribution is -2.49. The van der Waals surface area contributed by atoms with Gasteiger partial charge in [-0.2, -0.15) is 0 Å². The molecule has 28 heteroatoms. The fourth-order valence-electron chi connectivity index (χ4n) is 11.1. The second kappa shape index (κ2) is 33.0. The number of carbonyl (C=O) groups is 2. The van der Waals surface area contributed by atoms with Crippen molar-refractivity contribution >= 4 is 55.3 Å². The van der Waals surface area contributed by atoms with E-state index in [-0.39, 0.29) is 147 Å². The number of sulfonamides is 2. The molecule has 0 radical (unpaired) electrons. The van der Waals surface area contributed by atoms with E-state index in [9.17, 15) is 26.4 Å². The SMILES string of the molecule is N[C@@H]1CCCN(C2Cc3c(F)cc(Cl)cc3[C@@H]2Oc2ccc(S(=O)(=O)NCCOCCOCCNC(=O)NCCCCNC(=O)NCCOCCOCCNS(=O)(=O)c3ccc(O[C@H]4c5cc(Cl)cc(F)c5CC4N4CCC[C@@H](N)C4)cc3)cc2)C1. The summed E-state index contributed by atoms with van der Waals surface area (Å²) >= 11 is 12.5. The van der Waals surface area contributed by atoms with Crippen LogP contribution in [0.15, 0.2) is 82.6 Å². The lowest BCUT2D eigenvalue weighted by atomic mass is 10.0. The molecule has 0 spiro atoms. The van der Waals surface area contributed by atoms with Gasteiger partial charge in [0.05, 0.1) is 74.7 Å². The second-order valence-electron chi connectivity index (χ2n) is 21.6. The smallest absolute Gasteiger partial charge is 0.314 e. The third-order valence-electron chi connectivity index (χ3n) is 15.3. The van der Waals surface area contributed by atoms with E-state index in [0.29, 0.717) is 85.6 Å². The van der Waals surface area contributed by atoms with Gasteiger partial charge >= 0.3 is 12.1 Å². The fourth-order valence-corrected chi connectivity index (χ4v) is 13.5. The maximum Gasteiger partial charge on any atom is 0.314 e. The third-order valence-corrected chi connectivity index (χ3v) is 18.7. The summed E-state index contributed by atoms with van der Waals surface area (Å²) < 4.78 is 122. The van der Waals surface area contributed by atoms with Gasteiger partial charge in [-0.25, -0.2) is 44.6 Å². The maximum absolute atomic E-state index is 15.0. The molecule has 2 fully saturated rings. The van der Waals surface area contributed by atoms with Crippen LogP contribution in [0.1, 0.15) is 73.0 Å². The number of nitrogens with zero attached hydrogens (tertiary/aromatic N) is 2. The van der Waals surface area contributed by atoms with Crippen LogP contribution in [0, 0.1) is 11.6 Å². The van der Waals surface area contributed by atoms with Crippen LogP contribution in [0.4, 0.5) is 18.4 Å². The number of urea groups is 2. The van der Waals surface area contributed by atoms with Crippen LogP contribution in [-0.4, -0.2) is 181 Å². The predicted molar refractivity (Wildman–Crippen MR) is 321 cm³/mol. The van der Waals surface area contributed by atoms with Crippen molar-refractivity contribution < 1.29 is 63.6 Å². The number of carbonyl (C=O) groups excluding carboxylic acids is 2. The number of nitrogens with one attached hydrogen (secondary N) is 6. The van der Waals surface area contributed by atoms with Crippen LogP contribution in [0.3, 0.4) is 0 Å². The highest BCUT2D eigenvalue weighted by Gasteiger charge is 2.43. The zero-order valence-corrected chi connectivity index (χ0v) is 51.2. The first-order chi connectivity index (χ1) is 41.4. The van der Waals surface area contributed by atoms with Crippen molar-refractivity contribution in [3.05, 3.63) is 117 Å². The number of likely N-dealkylation sites (tertiary alicyclic amines) is 2. The van der Waals surface area contributed by atoms with E-state index in [4.69, 9.17) is 63.1 Å². The molecule has 474 valence electrons. The Balaban J connectivity index is 0.581. The Hall–Kier alpha value is -5.04. The number of fused-ring (bicyclic) bond motifs is 2. The average Bonchev–Trinajstić information content (AvgIpc) is 2.22. The van der Waals surface area contributed by atoms with Gasteiger partial charge in [-0.1, -0.05) is 23.2 Å². The molecule has 0 aromatic heterocycles. The summed E-state index contributed by atoms with van der Waals surface area (Å²) in [6.45, 7) is 5.98. The predicted octanol–water partition coefficient (Wildman–Crippen LogP) is 4.91. The quantitative estimate of drug-likeness (QED) is 0.0294. The van der Waals surface area contributed by atoms with E-state index in [0.717, 1.165) is 38.8 Å². The van der Waals surface area contributed by atoms with Crippen molar-refractivity contribution in [3.8, 4) is 11.5 Å². The molecule has 22 nitrogen and oxygen atoms in total. The van der Waals surface area contributed by atoms with Crippen molar-refractivity contribution in [3.63, 3.8) is 0 Å². The van der Waals surface area contributed by atoms with Gasteiger partial charge in [0.15, 0.2) is 0 Å². The van der Waals surface area contributed by atoms with E-state index < -0.39 is 32.3 Å². The number of nitrogens with two attached hydrogens (primary N) is 2. The van der Waals surface area contributed by atoms with E-state index in [1.54, 1.807) is 36.4 Å². The Morgan fingerprint density at radius 3 is 1.26 bits per heavy atom. The maximum atomic E-state index is 15.0. The topological polar surface area (TPSA) is 288 Å².